The first-order chi connectivity index (χ1) is 11.3. The van der Waals surface area contributed by atoms with Crippen LogP contribution in [0.1, 0.15) is 11.4 Å². The summed E-state index contributed by atoms with van der Waals surface area (Å²) in [6.45, 7) is 0.409. The molecule has 0 amide bonds. The number of ether oxygens (including phenoxy) is 1. The Hall–Kier alpha value is -2.73. The number of hydrogen-bond donors (Lipinski definition) is 1. The molecule has 0 atom stereocenters. The second kappa shape index (κ2) is 7.02. The molecule has 0 spiro atoms. The van der Waals surface area contributed by atoms with Gasteiger partial charge in [-0.05, 0) is 18.2 Å². The second-order valence-corrected chi connectivity index (χ2v) is 5.02. The summed E-state index contributed by atoms with van der Waals surface area (Å²) in [6.07, 6.45) is 4.00. The van der Waals surface area contributed by atoms with Crippen LogP contribution in [-0.4, -0.2) is 38.6 Å². The monoisotopic (exact) mass is 310 g/mol. The lowest BCUT2D eigenvalue weighted by Gasteiger charge is -2.05. The zero-order valence-corrected chi connectivity index (χ0v) is 12.9. The SMILES string of the molecule is COc1ccccc1Cc1nc(-c2ccncc2)n(CCO)n1. The average Bonchev–Trinajstić information content (AvgIpc) is 2.99. The predicted molar refractivity (Wildman–Crippen MR) is 86.1 cm³/mol. The van der Waals surface area contributed by atoms with Crippen LogP contribution >= 0.6 is 0 Å². The number of rotatable bonds is 6. The number of benzene rings is 1. The molecule has 118 valence electrons. The van der Waals surface area contributed by atoms with E-state index < -0.39 is 0 Å². The third-order valence-electron chi connectivity index (χ3n) is 3.51. The van der Waals surface area contributed by atoms with Crippen molar-refractivity contribution in [3.05, 3.63) is 60.2 Å². The van der Waals surface area contributed by atoms with Crippen LogP contribution in [0.3, 0.4) is 0 Å². The maximum atomic E-state index is 9.25. The van der Waals surface area contributed by atoms with Crippen molar-refractivity contribution < 1.29 is 9.84 Å². The summed E-state index contributed by atoms with van der Waals surface area (Å²) >= 11 is 0. The van der Waals surface area contributed by atoms with Crippen molar-refractivity contribution in [3.8, 4) is 17.1 Å². The molecule has 2 aromatic heterocycles. The van der Waals surface area contributed by atoms with Crippen LogP contribution in [0.2, 0.25) is 0 Å². The van der Waals surface area contributed by atoms with Gasteiger partial charge in [-0.25, -0.2) is 9.67 Å². The molecule has 23 heavy (non-hydrogen) atoms. The van der Waals surface area contributed by atoms with Crippen molar-refractivity contribution in [1.82, 2.24) is 19.7 Å². The van der Waals surface area contributed by atoms with E-state index in [4.69, 9.17) is 4.74 Å². The van der Waals surface area contributed by atoms with Crippen molar-refractivity contribution >= 4 is 0 Å². The molecule has 0 aliphatic heterocycles. The summed E-state index contributed by atoms with van der Waals surface area (Å²) < 4.78 is 7.10. The summed E-state index contributed by atoms with van der Waals surface area (Å²) in [4.78, 5) is 8.65. The van der Waals surface area contributed by atoms with Crippen LogP contribution in [0, 0.1) is 0 Å². The van der Waals surface area contributed by atoms with E-state index >= 15 is 0 Å². The number of hydrogen-bond acceptors (Lipinski definition) is 5. The third-order valence-corrected chi connectivity index (χ3v) is 3.51. The minimum absolute atomic E-state index is 0.00947. The number of nitrogens with zero attached hydrogens (tertiary/aromatic N) is 4. The quantitative estimate of drug-likeness (QED) is 0.753. The molecular formula is C17H18N4O2. The largest absolute Gasteiger partial charge is 0.496 e. The number of para-hydroxylation sites is 1. The molecule has 0 aliphatic carbocycles. The lowest BCUT2D eigenvalue weighted by Crippen LogP contribution is -2.06. The van der Waals surface area contributed by atoms with Gasteiger partial charge in [0.25, 0.3) is 0 Å². The fourth-order valence-electron chi connectivity index (χ4n) is 2.45. The Kier molecular flexibility index (Phi) is 4.63. The fourth-order valence-corrected chi connectivity index (χ4v) is 2.45. The van der Waals surface area contributed by atoms with Crippen LogP contribution in [0.4, 0.5) is 0 Å². The minimum atomic E-state index is 0.00947. The summed E-state index contributed by atoms with van der Waals surface area (Å²) in [5, 5.41) is 13.8. The Morgan fingerprint density at radius 1 is 1.13 bits per heavy atom. The minimum Gasteiger partial charge on any atom is -0.496 e. The first-order valence-electron chi connectivity index (χ1n) is 7.38. The number of pyridine rings is 1. The molecule has 0 unspecified atom stereocenters. The predicted octanol–water partition coefficient (Wildman–Crippen LogP) is 1.93. The lowest BCUT2D eigenvalue weighted by atomic mass is 10.1. The van der Waals surface area contributed by atoms with E-state index in [1.807, 2.05) is 36.4 Å². The molecule has 0 bridgehead atoms. The molecule has 2 heterocycles. The maximum absolute atomic E-state index is 9.25. The van der Waals surface area contributed by atoms with Crippen LogP contribution in [0.5, 0.6) is 5.75 Å². The standard InChI is InChI=1S/C17H18N4O2/c1-23-15-5-3-2-4-14(15)12-16-19-17(21(20-16)10-11-22)13-6-8-18-9-7-13/h2-9,22H,10-12H2,1H3. The van der Waals surface area contributed by atoms with Crippen LogP contribution in [0.25, 0.3) is 11.4 Å². The zero-order valence-electron chi connectivity index (χ0n) is 12.9. The van der Waals surface area contributed by atoms with Gasteiger partial charge in [0.2, 0.25) is 0 Å². The van der Waals surface area contributed by atoms with E-state index in [2.05, 4.69) is 15.1 Å². The van der Waals surface area contributed by atoms with Crippen LogP contribution < -0.4 is 4.74 Å². The Morgan fingerprint density at radius 2 is 1.91 bits per heavy atom. The third kappa shape index (κ3) is 3.37. The Labute approximate surface area is 134 Å². The normalized spacial score (nSPS) is 10.7. The van der Waals surface area contributed by atoms with E-state index in [1.165, 1.54) is 0 Å². The van der Waals surface area contributed by atoms with Crippen LogP contribution in [-0.2, 0) is 13.0 Å². The first kappa shape index (κ1) is 15.2. The number of aliphatic hydroxyl groups is 1. The lowest BCUT2D eigenvalue weighted by molar-refractivity contribution is 0.270. The average molecular weight is 310 g/mol. The number of aliphatic hydroxyl groups excluding tert-OH is 1. The van der Waals surface area contributed by atoms with Gasteiger partial charge < -0.3 is 9.84 Å². The topological polar surface area (TPSA) is 73.1 Å². The van der Waals surface area contributed by atoms with Crippen molar-refractivity contribution in [3.63, 3.8) is 0 Å². The van der Waals surface area contributed by atoms with E-state index in [9.17, 15) is 5.11 Å². The molecule has 0 saturated carbocycles. The Balaban J connectivity index is 1.95. The van der Waals surface area contributed by atoms with Gasteiger partial charge >= 0.3 is 0 Å². The Morgan fingerprint density at radius 3 is 2.65 bits per heavy atom. The zero-order chi connectivity index (χ0) is 16.1. The molecule has 0 saturated heterocycles. The smallest absolute Gasteiger partial charge is 0.158 e. The molecule has 0 fully saturated rings. The van der Waals surface area contributed by atoms with Gasteiger partial charge in [-0.1, -0.05) is 18.2 Å². The second-order valence-electron chi connectivity index (χ2n) is 5.02. The summed E-state index contributed by atoms with van der Waals surface area (Å²) in [7, 11) is 1.65. The van der Waals surface area contributed by atoms with E-state index in [0.717, 1.165) is 22.7 Å². The number of aromatic nitrogens is 4. The molecule has 0 aliphatic rings. The van der Waals surface area contributed by atoms with E-state index in [0.29, 0.717) is 18.8 Å². The van der Waals surface area contributed by atoms with E-state index in [-0.39, 0.29) is 6.61 Å². The Bertz CT molecular complexity index is 771. The molecule has 1 N–H and O–H groups in total. The summed E-state index contributed by atoms with van der Waals surface area (Å²) in [5.41, 5.74) is 1.95. The van der Waals surface area contributed by atoms with Gasteiger partial charge in [-0.2, -0.15) is 5.10 Å². The first-order valence-corrected chi connectivity index (χ1v) is 7.38. The van der Waals surface area contributed by atoms with E-state index in [1.54, 1.807) is 24.2 Å². The molecule has 1 aromatic carbocycles. The van der Waals surface area contributed by atoms with Gasteiger partial charge in [0.15, 0.2) is 11.6 Å². The van der Waals surface area contributed by atoms with Crippen molar-refractivity contribution in [2.75, 3.05) is 13.7 Å². The summed E-state index contributed by atoms with van der Waals surface area (Å²) in [5.74, 6) is 2.23. The van der Waals surface area contributed by atoms with Crippen molar-refractivity contribution in [2.45, 2.75) is 13.0 Å². The molecule has 3 rings (SSSR count). The van der Waals surface area contributed by atoms with Gasteiger partial charge in [0.05, 0.1) is 20.3 Å². The van der Waals surface area contributed by atoms with Gasteiger partial charge in [0.1, 0.15) is 5.75 Å². The maximum Gasteiger partial charge on any atom is 0.158 e. The fraction of sp³-hybridized carbons (Fsp3) is 0.235. The molecule has 6 heteroatoms. The highest BCUT2D eigenvalue weighted by molar-refractivity contribution is 5.54. The molecular weight excluding hydrogens is 292 g/mol. The van der Waals surface area contributed by atoms with Gasteiger partial charge in [0, 0.05) is 29.9 Å². The van der Waals surface area contributed by atoms with Gasteiger partial charge in [-0.3, -0.25) is 4.98 Å². The molecule has 0 radical (unpaired) electrons. The highest BCUT2D eigenvalue weighted by Gasteiger charge is 2.13. The van der Waals surface area contributed by atoms with Gasteiger partial charge in [-0.15, -0.1) is 0 Å². The summed E-state index contributed by atoms with van der Waals surface area (Å²) in [6, 6.07) is 11.6. The van der Waals surface area contributed by atoms with Crippen LogP contribution in [0.15, 0.2) is 48.8 Å². The van der Waals surface area contributed by atoms with Crippen molar-refractivity contribution in [2.24, 2.45) is 0 Å². The highest BCUT2D eigenvalue weighted by Crippen LogP contribution is 2.22. The molecule has 6 nitrogen and oxygen atoms in total. The van der Waals surface area contributed by atoms with Crippen molar-refractivity contribution in [1.29, 1.82) is 0 Å². The highest BCUT2D eigenvalue weighted by atomic mass is 16.5. The molecule has 3 aromatic rings. The number of methoxy groups -OCH3 is 1.